The van der Waals surface area contributed by atoms with Gasteiger partial charge in [-0.1, -0.05) is 43.3 Å². The van der Waals surface area contributed by atoms with Crippen LogP contribution in [0.25, 0.3) is 10.9 Å². The molecule has 1 heterocycles. The second-order valence-electron chi connectivity index (χ2n) is 8.06. The van der Waals surface area contributed by atoms with E-state index >= 15 is 0 Å². The molecule has 1 aromatic heterocycles. The van der Waals surface area contributed by atoms with Crippen LogP contribution in [0.3, 0.4) is 0 Å². The van der Waals surface area contributed by atoms with E-state index in [0.29, 0.717) is 17.8 Å². The van der Waals surface area contributed by atoms with Crippen molar-refractivity contribution in [2.24, 2.45) is 0 Å². The number of carbonyl (C=O) groups excluding carboxylic acids is 1. The standard InChI is InChI=1S/C25H30N2O2/c1-4-14-27(17(2)18-8-6-5-7-9-18)20-12-10-19-11-13-23-22(21(19)15-20)16-24(26-23)25(28)29-3/h5-9,11,13,16-17,20,26H,4,10,12,14-15H2,1-3H3/t17-,20?/m0/s1. The van der Waals surface area contributed by atoms with E-state index in [1.165, 1.54) is 30.2 Å². The summed E-state index contributed by atoms with van der Waals surface area (Å²) >= 11 is 0. The predicted molar refractivity (Wildman–Crippen MR) is 117 cm³/mol. The number of hydrogen-bond donors (Lipinski definition) is 1. The number of ether oxygens (including phenoxy) is 1. The van der Waals surface area contributed by atoms with E-state index in [4.69, 9.17) is 4.74 Å². The van der Waals surface area contributed by atoms with Crippen LogP contribution in [0.2, 0.25) is 0 Å². The van der Waals surface area contributed by atoms with Crippen LogP contribution in [0.15, 0.2) is 48.5 Å². The minimum atomic E-state index is -0.312. The molecule has 0 radical (unpaired) electrons. The molecule has 1 aliphatic carbocycles. The van der Waals surface area contributed by atoms with Crippen molar-refractivity contribution < 1.29 is 9.53 Å². The van der Waals surface area contributed by atoms with E-state index < -0.39 is 0 Å². The van der Waals surface area contributed by atoms with Gasteiger partial charge in [-0.2, -0.15) is 0 Å². The summed E-state index contributed by atoms with van der Waals surface area (Å²) in [5.74, 6) is -0.312. The molecule has 0 bridgehead atoms. The molecule has 29 heavy (non-hydrogen) atoms. The van der Waals surface area contributed by atoms with Crippen LogP contribution in [-0.4, -0.2) is 35.5 Å². The van der Waals surface area contributed by atoms with Crippen LogP contribution in [0.5, 0.6) is 0 Å². The van der Waals surface area contributed by atoms with Crippen molar-refractivity contribution in [1.29, 1.82) is 0 Å². The van der Waals surface area contributed by atoms with Crippen molar-refractivity contribution in [3.63, 3.8) is 0 Å². The number of benzene rings is 2. The van der Waals surface area contributed by atoms with Gasteiger partial charge in [-0.3, -0.25) is 4.90 Å². The average molecular weight is 391 g/mol. The SMILES string of the molecule is CCCN(C1CCc2ccc3[nH]c(C(=O)OC)cc3c2C1)[C@@H](C)c1ccccc1. The lowest BCUT2D eigenvalue weighted by Crippen LogP contribution is -2.41. The summed E-state index contributed by atoms with van der Waals surface area (Å²) in [5.41, 5.74) is 5.71. The molecule has 4 heteroatoms. The van der Waals surface area contributed by atoms with Crippen LogP contribution in [0.4, 0.5) is 0 Å². The van der Waals surface area contributed by atoms with Gasteiger partial charge in [0.25, 0.3) is 0 Å². The van der Waals surface area contributed by atoms with Crippen molar-refractivity contribution in [3.8, 4) is 0 Å². The number of H-pyrrole nitrogens is 1. The molecule has 152 valence electrons. The summed E-state index contributed by atoms with van der Waals surface area (Å²) in [7, 11) is 1.42. The molecule has 1 N–H and O–H groups in total. The number of esters is 1. The molecule has 2 atom stereocenters. The topological polar surface area (TPSA) is 45.3 Å². The van der Waals surface area contributed by atoms with E-state index in [0.717, 1.165) is 36.7 Å². The smallest absolute Gasteiger partial charge is 0.354 e. The fourth-order valence-electron chi connectivity index (χ4n) is 4.82. The second-order valence-corrected chi connectivity index (χ2v) is 8.06. The molecule has 1 aliphatic rings. The Bertz CT molecular complexity index is 993. The van der Waals surface area contributed by atoms with Crippen molar-refractivity contribution in [1.82, 2.24) is 9.88 Å². The van der Waals surface area contributed by atoms with Crippen LogP contribution in [0.1, 0.15) is 59.9 Å². The number of nitrogens with one attached hydrogen (secondary N) is 1. The molecule has 0 saturated heterocycles. The summed E-state index contributed by atoms with van der Waals surface area (Å²) in [6.45, 7) is 5.67. The Kier molecular flexibility index (Phi) is 5.72. The van der Waals surface area contributed by atoms with Crippen molar-refractivity contribution in [2.45, 2.75) is 51.6 Å². The third kappa shape index (κ3) is 3.82. The maximum atomic E-state index is 12.0. The molecular weight excluding hydrogens is 360 g/mol. The number of methoxy groups -OCH3 is 1. The number of carbonyl (C=O) groups is 1. The molecular formula is C25H30N2O2. The molecule has 0 aliphatic heterocycles. The van der Waals surface area contributed by atoms with Gasteiger partial charge in [0.1, 0.15) is 5.69 Å². The summed E-state index contributed by atoms with van der Waals surface area (Å²) < 4.78 is 4.90. The number of aryl methyl sites for hydroxylation is 1. The van der Waals surface area contributed by atoms with Gasteiger partial charge in [0.05, 0.1) is 7.11 Å². The average Bonchev–Trinajstić information content (AvgIpc) is 3.22. The fraction of sp³-hybridized carbons (Fsp3) is 0.400. The molecule has 0 saturated carbocycles. The maximum Gasteiger partial charge on any atom is 0.354 e. The number of hydrogen-bond acceptors (Lipinski definition) is 3. The zero-order chi connectivity index (χ0) is 20.4. The van der Waals surface area contributed by atoms with Gasteiger partial charge in [0.15, 0.2) is 0 Å². The minimum Gasteiger partial charge on any atom is -0.464 e. The van der Waals surface area contributed by atoms with Gasteiger partial charge >= 0.3 is 5.97 Å². The first kappa shape index (κ1) is 19.7. The lowest BCUT2D eigenvalue weighted by atomic mass is 9.84. The quantitative estimate of drug-likeness (QED) is 0.582. The van der Waals surface area contributed by atoms with Crippen LogP contribution in [-0.2, 0) is 17.6 Å². The van der Waals surface area contributed by atoms with E-state index in [1.54, 1.807) is 0 Å². The zero-order valence-electron chi connectivity index (χ0n) is 17.6. The largest absolute Gasteiger partial charge is 0.464 e. The highest BCUT2D eigenvalue weighted by molar-refractivity contribution is 5.96. The number of fused-ring (bicyclic) bond motifs is 3. The Morgan fingerprint density at radius 1 is 1.24 bits per heavy atom. The van der Waals surface area contributed by atoms with E-state index in [2.05, 4.69) is 66.2 Å². The highest BCUT2D eigenvalue weighted by Crippen LogP contribution is 2.34. The Balaban J connectivity index is 1.66. The van der Waals surface area contributed by atoms with Crippen molar-refractivity contribution in [2.75, 3.05) is 13.7 Å². The van der Waals surface area contributed by atoms with Crippen molar-refractivity contribution >= 4 is 16.9 Å². The molecule has 2 aromatic carbocycles. The van der Waals surface area contributed by atoms with E-state index in [-0.39, 0.29) is 5.97 Å². The molecule has 3 aromatic rings. The van der Waals surface area contributed by atoms with Gasteiger partial charge < -0.3 is 9.72 Å². The van der Waals surface area contributed by atoms with Gasteiger partial charge in [-0.15, -0.1) is 0 Å². The van der Waals surface area contributed by atoms with Gasteiger partial charge in [-0.05, 0) is 68.0 Å². The van der Waals surface area contributed by atoms with Crippen LogP contribution in [0, 0.1) is 0 Å². The molecule has 4 rings (SSSR count). The predicted octanol–water partition coefficient (Wildman–Crippen LogP) is 5.29. The summed E-state index contributed by atoms with van der Waals surface area (Å²) in [4.78, 5) is 17.9. The van der Waals surface area contributed by atoms with Crippen LogP contribution < -0.4 is 0 Å². The lowest BCUT2D eigenvalue weighted by Gasteiger charge is -2.39. The fourth-order valence-corrected chi connectivity index (χ4v) is 4.82. The monoisotopic (exact) mass is 390 g/mol. The zero-order valence-corrected chi connectivity index (χ0v) is 17.6. The highest BCUT2D eigenvalue weighted by atomic mass is 16.5. The van der Waals surface area contributed by atoms with Crippen LogP contribution >= 0.6 is 0 Å². The van der Waals surface area contributed by atoms with Gasteiger partial charge in [0, 0.05) is 23.0 Å². The summed E-state index contributed by atoms with van der Waals surface area (Å²) in [5, 5.41) is 1.16. The first-order valence-electron chi connectivity index (χ1n) is 10.6. The summed E-state index contributed by atoms with van der Waals surface area (Å²) in [6.07, 6.45) is 4.41. The number of nitrogens with zero attached hydrogens (tertiary/aromatic N) is 1. The third-order valence-electron chi connectivity index (χ3n) is 6.33. The molecule has 1 unspecified atom stereocenters. The van der Waals surface area contributed by atoms with Crippen molar-refractivity contribution in [3.05, 3.63) is 70.9 Å². The first-order valence-corrected chi connectivity index (χ1v) is 10.6. The van der Waals surface area contributed by atoms with E-state index in [9.17, 15) is 4.79 Å². The Labute approximate surface area is 172 Å². The van der Waals surface area contributed by atoms with Gasteiger partial charge in [-0.25, -0.2) is 4.79 Å². The second kappa shape index (κ2) is 8.42. The highest BCUT2D eigenvalue weighted by Gasteiger charge is 2.29. The third-order valence-corrected chi connectivity index (χ3v) is 6.33. The Hall–Kier alpha value is -2.59. The van der Waals surface area contributed by atoms with Gasteiger partial charge in [0.2, 0.25) is 0 Å². The molecule has 0 amide bonds. The first-order chi connectivity index (χ1) is 14.1. The Morgan fingerprint density at radius 3 is 2.76 bits per heavy atom. The maximum absolute atomic E-state index is 12.0. The van der Waals surface area contributed by atoms with E-state index in [1.807, 2.05) is 6.07 Å². The number of aromatic nitrogens is 1. The molecule has 4 nitrogen and oxygen atoms in total. The Morgan fingerprint density at radius 2 is 2.03 bits per heavy atom. The summed E-state index contributed by atoms with van der Waals surface area (Å²) in [6, 6.07) is 18.0. The minimum absolute atomic E-state index is 0.312. The molecule has 0 fully saturated rings. The number of rotatable bonds is 6. The molecule has 0 spiro atoms. The lowest BCUT2D eigenvalue weighted by molar-refractivity contribution is 0.0595. The normalized spacial score (nSPS) is 17.3. The number of aromatic amines is 1.